The summed E-state index contributed by atoms with van der Waals surface area (Å²) in [4.78, 5) is 0. The fourth-order valence-corrected chi connectivity index (χ4v) is 1.89. The lowest BCUT2D eigenvalue weighted by Crippen LogP contribution is -1.91. The van der Waals surface area contributed by atoms with Gasteiger partial charge in [0.1, 0.15) is 0 Å². The van der Waals surface area contributed by atoms with Crippen LogP contribution >= 0.6 is 11.6 Å². The van der Waals surface area contributed by atoms with E-state index in [0.29, 0.717) is 5.02 Å². The summed E-state index contributed by atoms with van der Waals surface area (Å²) in [5, 5.41) is 0.671. The Morgan fingerprint density at radius 1 is 0.938 bits per heavy atom. The van der Waals surface area contributed by atoms with Crippen LogP contribution in [0, 0.1) is 13.8 Å². The SMILES string of the molecule is Cc1ccc(-c2ccc(Cl)cc2N)cc1C. The van der Waals surface area contributed by atoms with Crippen LogP contribution in [0.3, 0.4) is 0 Å². The summed E-state index contributed by atoms with van der Waals surface area (Å²) < 4.78 is 0. The minimum atomic E-state index is 0.671. The highest BCUT2D eigenvalue weighted by atomic mass is 35.5. The van der Waals surface area contributed by atoms with E-state index in [1.54, 1.807) is 6.07 Å². The highest BCUT2D eigenvalue weighted by Crippen LogP contribution is 2.29. The van der Waals surface area contributed by atoms with Crippen LogP contribution in [0.25, 0.3) is 11.1 Å². The molecule has 0 bridgehead atoms. The smallest absolute Gasteiger partial charge is 0.0426 e. The van der Waals surface area contributed by atoms with Crippen LogP contribution in [-0.4, -0.2) is 0 Å². The van der Waals surface area contributed by atoms with Crippen molar-refractivity contribution >= 4 is 17.3 Å². The third-order valence-corrected chi connectivity index (χ3v) is 3.07. The van der Waals surface area contributed by atoms with E-state index in [2.05, 4.69) is 32.0 Å². The Morgan fingerprint density at radius 3 is 2.31 bits per heavy atom. The fourth-order valence-electron chi connectivity index (χ4n) is 1.71. The van der Waals surface area contributed by atoms with Crippen LogP contribution in [0.4, 0.5) is 5.69 Å². The molecule has 0 radical (unpaired) electrons. The highest BCUT2D eigenvalue weighted by Gasteiger charge is 2.04. The van der Waals surface area contributed by atoms with Crippen LogP contribution in [0.15, 0.2) is 36.4 Å². The Labute approximate surface area is 101 Å². The first-order valence-electron chi connectivity index (χ1n) is 5.20. The molecule has 2 N–H and O–H groups in total. The predicted octanol–water partition coefficient (Wildman–Crippen LogP) is 4.21. The summed E-state index contributed by atoms with van der Waals surface area (Å²) in [6.45, 7) is 4.20. The molecule has 2 aromatic rings. The Bertz CT molecular complexity index is 532. The van der Waals surface area contributed by atoms with E-state index in [1.165, 1.54) is 11.1 Å². The van der Waals surface area contributed by atoms with Gasteiger partial charge >= 0.3 is 0 Å². The maximum atomic E-state index is 5.96. The van der Waals surface area contributed by atoms with Gasteiger partial charge in [0.05, 0.1) is 0 Å². The standard InChI is InChI=1S/C14H14ClN/c1-9-3-4-11(7-10(9)2)13-6-5-12(15)8-14(13)16/h3-8H,16H2,1-2H3. The summed E-state index contributed by atoms with van der Waals surface area (Å²) >= 11 is 5.88. The minimum absolute atomic E-state index is 0.671. The molecule has 0 heterocycles. The second-order valence-corrected chi connectivity index (χ2v) is 4.47. The average Bonchev–Trinajstić information content (AvgIpc) is 2.22. The van der Waals surface area contributed by atoms with Crippen molar-refractivity contribution in [3.8, 4) is 11.1 Å². The van der Waals surface area contributed by atoms with E-state index in [-0.39, 0.29) is 0 Å². The molecule has 0 aliphatic carbocycles. The van der Waals surface area contributed by atoms with Crippen molar-refractivity contribution in [2.24, 2.45) is 0 Å². The lowest BCUT2D eigenvalue weighted by Gasteiger charge is -2.08. The molecule has 2 heteroatoms. The van der Waals surface area contributed by atoms with Gasteiger partial charge in [-0.05, 0) is 42.7 Å². The van der Waals surface area contributed by atoms with Gasteiger partial charge in [-0.1, -0.05) is 35.9 Å². The molecule has 2 rings (SSSR count). The minimum Gasteiger partial charge on any atom is -0.398 e. The van der Waals surface area contributed by atoms with Crippen molar-refractivity contribution in [3.63, 3.8) is 0 Å². The molecule has 82 valence electrons. The second-order valence-electron chi connectivity index (χ2n) is 4.03. The van der Waals surface area contributed by atoms with Crippen molar-refractivity contribution in [1.29, 1.82) is 0 Å². The van der Waals surface area contributed by atoms with Gasteiger partial charge in [-0.2, -0.15) is 0 Å². The number of anilines is 1. The summed E-state index contributed by atoms with van der Waals surface area (Å²) in [6, 6.07) is 12.0. The molecule has 0 saturated heterocycles. The van der Waals surface area contributed by atoms with Gasteiger partial charge in [-0.15, -0.1) is 0 Å². The van der Waals surface area contributed by atoms with Crippen molar-refractivity contribution in [2.75, 3.05) is 5.73 Å². The molecule has 0 amide bonds. The van der Waals surface area contributed by atoms with E-state index in [1.807, 2.05) is 12.1 Å². The average molecular weight is 232 g/mol. The van der Waals surface area contributed by atoms with Crippen molar-refractivity contribution in [2.45, 2.75) is 13.8 Å². The van der Waals surface area contributed by atoms with Gasteiger partial charge in [-0.25, -0.2) is 0 Å². The monoisotopic (exact) mass is 231 g/mol. The summed E-state index contributed by atoms with van der Waals surface area (Å²) in [5.74, 6) is 0. The zero-order valence-corrected chi connectivity index (χ0v) is 10.2. The summed E-state index contributed by atoms with van der Waals surface area (Å²) in [5.41, 5.74) is 11.4. The van der Waals surface area contributed by atoms with Crippen LogP contribution < -0.4 is 5.73 Å². The van der Waals surface area contributed by atoms with Crippen molar-refractivity contribution in [1.82, 2.24) is 0 Å². The number of nitrogen functional groups attached to an aromatic ring is 1. The number of hydrogen-bond donors (Lipinski definition) is 1. The molecule has 0 saturated carbocycles. The van der Waals surface area contributed by atoms with E-state index >= 15 is 0 Å². The highest BCUT2D eigenvalue weighted by molar-refractivity contribution is 6.31. The van der Waals surface area contributed by atoms with Crippen LogP contribution in [0.5, 0.6) is 0 Å². The maximum Gasteiger partial charge on any atom is 0.0426 e. The van der Waals surface area contributed by atoms with Gasteiger partial charge in [-0.3, -0.25) is 0 Å². The summed E-state index contributed by atoms with van der Waals surface area (Å²) in [6.07, 6.45) is 0. The quantitative estimate of drug-likeness (QED) is 0.732. The molecule has 0 spiro atoms. The molecule has 0 aromatic heterocycles. The number of benzene rings is 2. The largest absolute Gasteiger partial charge is 0.398 e. The van der Waals surface area contributed by atoms with Crippen molar-refractivity contribution in [3.05, 3.63) is 52.5 Å². The van der Waals surface area contributed by atoms with Crippen LogP contribution in [0.2, 0.25) is 5.02 Å². The first kappa shape index (κ1) is 11.0. The van der Waals surface area contributed by atoms with Gasteiger partial charge in [0.25, 0.3) is 0 Å². The maximum absolute atomic E-state index is 5.96. The number of rotatable bonds is 1. The molecule has 0 unspecified atom stereocenters. The molecular weight excluding hydrogens is 218 g/mol. The Hall–Kier alpha value is -1.47. The second kappa shape index (κ2) is 4.18. The normalized spacial score (nSPS) is 10.4. The Morgan fingerprint density at radius 2 is 1.69 bits per heavy atom. The molecule has 0 atom stereocenters. The molecule has 0 aliphatic rings. The Balaban J connectivity index is 2.54. The zero-order chi connectivity index (χ0) is 11.7. The topological polar surface area (TPSA) is 26.0 Å². The number of hydrogen-bond acceptors (Lipinski definition) is 1. The predicted molar refractivity (Wildman–Crippen MR) is 70.8 cm³/mol. The lowest BCUT2D eigenvalue weighted by atomic mass is 9.99. The third kappa shape index (κ3) is 2.05. The first-order chi connectivity index (χ1) is 7.58. The number of halogens is 1. The van der Waals surface area contributed by atoms with Crippen molar-refractivity contribution < 1.29 is 0 Å². The van der Waals surface area contributed by atoms with Crippen LogP contribution in [-0.2, 0) is 0 Å². The molecular formula is C14H14ClN. The third-order valence-electron chi connectivity index (χ3n) is 2.83. The molecule has 0 fully saturated rings. The van der Waals surface area contributed by atoms with Gasteiger partial charge < -0.3 is 5.73 Å². The molecule has 2 aromatic carbocycles. The van der Waals surface area contributed by atoms with E-state index < -0.39 is 0 Å². The molecule has 1 nitrogen and oxygen atoms in total. The fraction of sp³-hybridized carbons (Fsp3) is 0.143. The van der Waals surface area contributed by atoms with E-state index in [0.717, 1.165) is 16.8 Å². The number of aryl methyl sites for hydroxylation is 2. The first-order valence-corrected chi connectivity index (χ1v) is 5.58. The molecule has 16 heavy (non-hydrogen) atoms. The Kier molecular flexibility index (Phi) is 2.88. The zero-order valence-electron chi connectivity index (χ0n) is 9.42. The van der Waals surface area contributed by atoms with Crippen LogP contribution in [0.1, 0.15) is 11.1 Å². The van der Waals surface area contributed by atoms with Gasteiger partial charge in [0.15, 0.2) is 0 Å². The van der Waals surface area contributed by atoms with Gasteiger partial charge in [0.2, 0.25) is 0 Å². The lowest BCUT2D eigenvalue weighted by molar-refractivity contribution is 1.34. The van der Waals surface area contributed by atoms with E-state index in [9.17, 15) is 0 Å². The van der Waals surface area contributed by atoms with Gasteiger partial charge in [0, 0.05) is 16.3 Å². The number of nitrogens with two attached hydrogens (primary N) is 1. The molecule has 0 aliphatic heterocycles. The van der Waals surface area contributed by atoms with E-state index in [4.69, 9.17) is 17.3 Å². The summed E-state index contributed by atoms with van der Waals surface area (Å²) in [7, 11) is 0.